The van der Waals surface area contributed by atoms with Crippen LogP contribution in [0.15, 0.2) is 28.7 Å². The monoisotopic (exact) mass is 384 g/mol. The van der Waals surface area contributed by atoms with Crippen molar-refractivity contribution in [1.29, 1.82) is 0 Å². The van der Waals surface area contributed by atoms with Crippen LogP contribution >= 0.6 is 15.9 Å². The molecule has 0 aromatic heterocycles. The molecule has 0 aliphatic carbocycles. The maximum Gasteiger partial charge on any atom is 0.625 e. The first-order valence-corrected chi connectivity index (χ1v) is 8.54. The summed E-state index contributed by atoms with van der Waals surface area (Å²) in [5, 5.41) is 2.69. The maximum atomic E-state index is 11.9. The van der Waals surface area contributed by atoms with Crippen molar-refractivity contribution in [3.8, 4) is 0 Å². The highest BCUT2D eigenvalue weighted by molar-refractivity contribution is 9.10. The lowest BCUT2D eigenvalue weighted by Gasteiger charge is -2.37. The number of hydrogen-bond donors (Lipinski definition) is 1. The number of nitrogens with one attached hydrogen (secondary N) is 1. The van der Waals surface area contributed by atoms with Crippen LogP contribution < -0.4 is 5.32 Å². The zero-order chi connectivity index (χ0) is 15.9. The first-order valence-electron chi connectivity index (χ1n) is 7.75. The highest BCUT2D eigenvalue weighted by Crippen LogP contribution is 2.41. The average molecular weight is 385 g/mol. The number of ether oxygens (including phenoxy) is 1. The van der Waals surface area contributed by atoms with E-state index in [4.69, 9.17) is 18.7 Å². The second kappa shape index (κ2) is 5.75. The van der Waals surface area contributed by atoms with Gasteiger partial charge in [-0.2, -0.15) is 0 Å². The SMILES string of the molecule is O=C(Nc1ccc(Br)cc1)OC[C@H]1C[N+]23CCO[B-]2(OCC3)O1. The zero-order valence-electron chi connectivity index (χ0n) is 12.6. The Morgan fingerprint density at radius 3 is 2.65 bits per heavy atom. The summed E-state index contributed by atoms with van der Waals surface area (Å²) in [5.41, 5.74) is 0.683. The Balaban J connectivity index is 1.30. The van der Waals surface area contributed by atoms with Crippen molar-refractivity contribution < 1.29 is 27.9 Å². The molecule has 1 aromatic carbocycles. The average Bonchev–Trinajstić information content (AvgIpc) is 3.09. The minimum absolute atomic E-state index is 0.189. The van der Waals surface area contributed by atoms with E-state index in [-0.39, 0.29) is 12.7 Å². The molecular weight excluding hydrogens is 367 g/mol. The van der Waals surface area contributed by atoms with Gasteiger partial charge in [-0.05, 0) is 24.3 Å². The molecule has 3 aliphatic heterocycles. The van der Waals surface area contributed by atoms with Crippen molar-refractivity contribution in [2.24, 2.45) is 0 Å². The summed E-state index contributed by atoms with van der Waals surface area (Å²) >= 11 is 3.35. The normalized spacial score (nSPS) is 34.9. The fraction of sp³-hybridized carbons (Fsp3) is 0.500. The van der Waals surface area contributed by atoms with E-state index in [0.717, 1.165) is 28.5 Å². The fourth-order valence-electron chi connectivity index (χ4n) is 3.72. The Bertz CT molecular complexity index is 584. The Morgan fingerprint density at radius 1 is 1.30 bits per heavy atom. The lowest BCUT2D eigenvalue weighted by molar-refractivity contribution is -0.816. The van der Waals surface area contributed by atoms with Gasteiger partial charge in [0.15, 0.2) is 0 Å². The van der Waals surface area contributed by atoms with Crippen LogP contribution in [0.25, 0.3) is 0 Å². The molecule has 23 heavy (non-hydrogen) atoms. The number of amides is 1. The molecule has 9 heteroatoms. The number of rotatable bonds is 3. The molecule has 124 valence electrons. The minimum atomic E-state index is -1.69. The molecule has 0 spiro atoms. The van der Waals surface area contributed by atoms with Crippen LogP contribution in [-0.2, 0) is 18.7 Å². The van der Waals surface area contributed by atoms with Gasteiger partial charge in [-0.25, -0.2) is 4.79 Å². The summed E-state index contributed by atoms with van der Waals surface area (Å²) in [6, 6.07) is 7.30. The highest BCUT2D eigenvalue weighted by Gasteiger charge is 2.66. The lowest BCUT2D eigenvalue weighted by atomic mass is 9.94. The van der Waals surface area contributed by atoms with Gasteiger partial charge >= 0.3 is 13.0 Å². The van der Waals surface area contributed by atoms with E-state index in [1.165, 1.54) is 0 Å². The summed E-state index contributed by atoms with van der Waals surface area (Å²) in [6.07, 6.45) is -0.679. The van der Waals surface area contributed by atoms with Crippen LogP contribution in [0.2, 0.25) is 0 Å². The summed E-state index contributed by atoms with van der Waals surface area (Å²) in [4.78, 5) is 11.9. The van der Waals surface area contributed by atoms with Gasteiger partial charge in [-0.15, -0.1) is 0 Å². The third-order valence-corrected chi connectivity index (χ3v) is 5.35. The van der Waals surface area contributed by atoms with Gasteiger partial charge in [-0.1, -0.05) is 15.9 Å². The first kappa shape index (κ1) is 15.4. The predicted octanol–water partition coefficient (Wildman–Crippen LogP) is 1.71. The van der Waals surface area contributed by atoms with E-state index in [0.29, 0.717) is 18.9 Å². The van der Waals surface area contributed by atoms with Gasteiger partial charge in [0.2, 0.25) is 0 Å². The summed E-state index contributed by atoms with van der Waals surface area (Å²) in [5.74, 6) is 0. The Kier molecular flexibility index (Phi) is 3.85. The van der Waals surface area contributed by atoms with Gasteiger partial charge < -0.3 is 23.1 Å². The van der Waals surface area contributed by atoms with Crippen LogP contribution in [-0.4, -0.2) is 62.9 Å². The standard InChI is InChI=1S/C14H18BBrN2O5/c16-11-1-3-12(4-2-11)17-14(19)20-10-13-9-18-5-7-21-15(18,23-13)22-8-6-18/h1-4,13H,5-10H2,(H,17,19)/t13-,15?,18?/m1/s1. The van der Waals surface area contributed by atoms with Crippen molar-refractivity contribution in [3.63, 3.8) is 0 Å². The van der Waals surface area contributed by atoms with E-state index in [2.05, 4.69) is 21.2 Å². The fourth-order valence-corrected chi connectivity index (χ4v) is 3.98. The molecule has 7 nitrogen and oxygen atoms in total. The molecule has 1 N–H and O–H groups in total. The molecule has 3 heterocycles. The number of quaternary nitrogens is 1. The molecule has 3 aliphatic rings. The van der Waals surface area contributed by atoms with Crippen molar-refractivity contribution in [3.05, 3.63) is 28.7 Å². The van der Waals surface area contributed by atoms with Crippen LogP contribution in [0.1, 0.15) is 0 Å². The quantitative estimate of drug-likeness (QED) is 0.803. The molecule has 0 unspecified atom stereocenters. The Morgan fingerprint density at radius 2 is 2.00 bits per heavy atom. The van der Waals surface area contributed by atoms with Gasteiger partial charge in [0.25, 0.3) is 0 Å². The lowest BCUT2D eigenvalue weighted by Crippen LogP contribution is -2.59. The van der Waals surface area contributed by atoms with Gasteiger partial charge in [0, 0.05) is 10.2 Å². The van der Waals surface area contributed by atoms with Crippen molar-refractivity contribution in [1.82, 2.24) is 0 Å². The smallest absolute Gasteiger partial charge is 0.481 e. The summed E-state index contributed by atoms with van der Waals surface area (Å²) in [7, 11) is 0. The zero-order valence-corrected chi connectivity index (χ0v) is 14.2. The predicted molar refractivity (Wildman–Crippen MR) is 86.5 cm³/mol. The number of anilines is 1. The Hall–Kier alpha value is -1.13. The summed E-state index contributed by atoms with van der Waals surface area (Å²) < 4.78 is 24.5. The van der Waals surface area contributed by atoms with Gasteiger partial charge in [0.05, 0.1) is 32.8 Å². The Labute approximate surface area is 142 Å². The van der Waals surface area contributed by atoms with Crippen LogP contribution in [0.4, 0.5) is 10.5 Å². The van der Waals surface area contributed by atoms with Gasteiger partial charge in [-0.3, -0.25) is 5.32 Å². The van der Waals surface area contributed by atoms with Crippen molar-refractivity contribution >= 4 is 34.6 Å². The number of carbonyl (C=O) groups is 1. The second-order valence-corrected chi connectivity index (χ2v) is 7.10. The number of hydrogen-bond acceptors (Lipinski definition) is 5. The topological polar surface area (TPSA) is 66.0 Å². The molecule has 0 saturated carbocycles. The molecular formula is C14H18BBrN2O5. The third kappa shape index (κ3) is 2.66. The molecule has 1 amide bonds. The van der Waals surface area contributed by atoms with Crippen LogP contribution in [0.5, 0.6) is 0 Å². The highest BCUT2D eigenvalue weighted by atomic mass is 79.9. The number of carbonyl (C=O) groups excluding carboxylic acids is 1. The van der Waals surface area contributed by atoms with Crippen LogP contribution in [0, 0.1) is 0 Å². The van der Waals surface area contributed by atoms with Gasteiger partial charge in [0.1, 0.15) is 12.7 Å². The molecule has 0 radical (unpaired) electrons. The van der Waals surface area contributed by atoms with Crippen molar-refractivity contribution in [2.45, 2.75) is 6.10 Å². The minimum Gasteiger partial charge on any atom is -0.481 e. The van der Waals surface area contributed by atoms with E-state index in [1.54, 1.807) is 12.1 Å². The molecule has 4 rings (SSSR count). The first-order chi connectivity index (χ1) is 11.1. The number of halogens is 1. The molecule has 0 bridgehead atoms. The largest absolute Gasteiger partial charge is 0.625 e. The van der Waals surface area contributed by atoms with E-state index in [9.17, 15) is 4.79 Å². The van der Waals surface area contributed by atoms with E-state index >= 15 is 0 Å². The number of benzene rings is 1. The number of nitrogens with zero attached hydrogens (tertiary/aromatic N) is 1. The summed E-state index contributed by atoms with van der Waals surface area (Å²) in [6.45, 7) is 2.41. The molecule has 3 saturated heterocycles. The van der Waals surface area contributed by atoms with Crippen molar-refractivity contribution in [2.75, 3.05) is 44.8 Å². The molecule has 1 atom stereocenters. The molecule has 1 aromatic rings. The maximum absolute atomic E-state index is 11.9. The van der Waals surface area contributed by atoms with E-state index in [1.807, 2.05) is 12.1 Å². The second-order valence-electron chi connectivity index (χ2n) is 6.18. The molecule has 3 fully saturated rings. The van der Waals surface area contributed by atoms with E-state index < -0.39 is 13.0 Å². The van der Waals surface area contributed by atoms with Crippen LogP contribution in [0.3, 0.4) is 0 Å². The third-order valence-electron chi connectivity index (χ3n) is 4.82.